The van der Waals surface area contributed by atoms with E-state index in [9.17, 15) is 9.18 Å². The standard InChI is InChI=1S/C39H49F2N5O3/c1-9-11-33(29-14-13-28(40)24-25(29)2)48-23-10-12-30-31-15-16-32(41)35(34-26(3)43-44(8)27(34)4)36(31)46(22-21-45-19-17-42-18-20-45)37(30)38(47)49-39(5,6)7/h9,11,13-16,24,42H,1,10,12,17-23H2,2-8H3/b33-11+. The van der Waals surface area contributed by atoms with Gasteiger partial charge in [-0.2, -0.15) is 5.10 Å². The Morgan fingerprint density at radius 3 is 2.43 bits per heavy atom. The van der Waals surface area contributed by atoms with E-state index in [-0.39, 0.29) is 11.6 Å². The van der Waals surface area contributed by atoms with Gasteiger partial charge in [-0.1, -0.05) is 12.7 Å². The number of halogens is 2. The lowest BCUT2D eigenvalue weighted by atomic mass is 9.98. The van der Waals surface area contributed by atoms with Crippen LogP contribution in [0.25, 0.3) is 27.8 Å². The van der Waals surface area contributed by atoms with E-state index in [4.69, 9.17) is 9.47 Å². The highest BCUT2D eigenvalue weighted by Crippen LogP contribution is 2.40. The number of carbonyl (C=O) groups is 1. The molecule has 4 aromatic rings. The highest BCUT2D eigenvalue weighted by molar-refractivity contribution is 6.05. The minimum absolute atomic E-state index is 0.310. The van der Waals surface area contributed by atoms with Gasteiger partial charge in [0.1, 0.15) is 28.7 Å². The second-order valence-corrected chi connectivity index (χ2v) is 13.7. The van der Waals surface area contributed by atoms with Crippen LogP contribution in [-0.2, 0) is 29.5 Å². The molecule has 1 aliphatic rings. The summed E-state index contributed by atoms with van der Waals surface area (Å²) in [6, 6.07) is 7.86. The Morgan fingerprint density at radius 1 is 1.06 bits per heavy atom. The molecule has 262 valence electrons. The number of hydrogen-bond acceptors (Lipinski definition) is 6. The summed E-state index contributed by atoms with van der Waals surface area (Å²) in [6.07, 6.45) is 4.44. The molecule has 0 unspecified atom stereocenters. The molecular weight excluding hydrogens is 624 g/mol. The molecule has 3 heterocycles. The third kappa shape index (κ3) is 7.97. The highest BCUT2D eigenvalue weighted by Gasteiger charge is 2.31. The zero-order chi connectivity index (χ0) is 35.5. The Morgan fingerprint density at radius 2 is 1.80 bits per heavy atom. The highest BCUT2D eigenvalue weighted by atomic mass is 19.1. The molecule has 0 saturated carbocycles. The predicted octanol–water partition coefficient (Wildman–Crippen LogP) is 7.28. The molecule has 0 amide bonds. The van der Waals surface area contributed by atoms with E-state index in [2.05, 4.69) is 21.9 Å². The van der Waals surface area contributed by atoms with Crippen LogP contribution in [0.1, 0.15) is 65.8 Å². The number of benzene rings is 2. The van der Waals surface area contributed by atoms with Crippen molar-refractivity contribution in [3.63, 3.8) is 0 Å². The van der Waals surface area contributed by atoms with Crippen molar-refractivity contribution in [3.05, 3.63) is 94.5 Å². The normalized spacial score (nSPS) is 14.4. The van der Waals surface area contributed by atoms with Crippen molar-refractivity contribution in [2.24, 2.45) is 7.05 Å². The first-order chi connectivity index (χ1) is 23.3. The van der Waals surface area contributed by atoms with Gasteiger partial charge in [-0.15, -0.1) is 0 Å². The van der Waals surface area contributed by atoms with Gasteiger partial charge in [0.15, 0.2) is 0 Å². The van der Waals surface area contributed by atoms with Crippen molar-refractivity contribution in [2.45, 2.75) is 66.5 Å². The van der Waals surface area contributed by atoms with Gasteiger partial charge in [0.2, 0.25) is 0 Å². The number of hydrogen-bond donors (Lipinski definition) is 1. The number of aromatic nitrogens is 3. The number of esters is 1. The molecule has 0 radical (unpaired) electrons. The van der Waals surface area contributed by atoms with E-state index >= 15 is 4.39 Å². The molecule has 2 aromatic heterocycles. The monoisotopic (exact) mass is 673 g/mol. The lowest BCUT2D eigenvalue weighted by Gasteiger charge is -2.28. The fourth-order valence-corrected chi connectivity index (χ4v) is 6.74. The van der Waals surface area contributed by atoms with Crippen molar-refractivity contribution >= 4 is 22.6 Å². The number of aryl methyl sites for hydroxylation is 4. The van der Waals surface area contributed by atoms with Crippen molar-refractivity contribution in [1.82, 2.24) is 24.6 Å². The summed E-state index contributed by atoms with van der Waals surface area (Å²) in [5.41, 5.74) is 5.41. The topological polar surface area (TPSA) is 73.6 Å². The molecule has 1 N–H and O–H groups in total. The van der Waals surface area contributed by atoms with Crippen LogP contribution in [0.15, 0.2) is 49.1 Å². The van der Waals surface area contributed by atoms with Crippen LogP contribution in [0.2, 0.25) is 0 Å². The van der Waals surface area contributed by atoms with E-state index in [1.807, 2.05) is 53.2 Å². The summed E-state index contributed by atoms with van der Waals surface area (Å²) in [4.78, 5) is 16.6. The SMILES string of the molecule is C=C/C=C(/OCCCc1c(C(=O)OC(C)(C)C)n(CCN2CCNCC2)c2c(-c3c(C)nn(C)c3C)c(F)ccc12)c1ccc(F)cc1C. The van der Waals surface area contributed by atoms with Crippen LogP contribution in [-0.4, -0.2) is 70.1 Å². The Balaban J connectivity index is 1.61. The van der Waals surface area contributed by atoms with Gasteiger partial charge in [0.05, 0.1) is 17.8 Å². The van der Waals surface area contributed by atoms with Crippen molar-refractivity contribution in [2.75, 3.05) is 39.3 Å². The summed E-state index contributed by atoms with van der Waals surface area (Å²) in [5.74, 6) is -0.535. The average molecular weight is 674 g/mol. The molecule has 5 rings (SSSR count). The van der Waals surface area contributed by atoms with Crippen LogP contribution in [0.4, 0.5) is 8.78 Å². The number of nitrogens with one attached hydrogen (secondary N) is 1. The van der Waals surface area contributed by atoms with Gasteiger partial charge in [-0.3, -0.25) is 9.58 Å². The molecule has 1 saturated heterocycles. The third-order valence-corrected chi connectivity index (χ3v) is 9.03. The molecule has 49 heavy (non-hydrogen) atoms. The van der Waals surface area contributed by atoms with E-state index in [0.717, 1.165) is 59.5 Å². The average Bonchev–Trinajstić information content (AvgIpc) is 3.48. The number of fused-ring (bicyclic) bond motifs is 1. The maximum absolute atomic E-state index is 16.2. The van der Waals surface area contributed by atoms with Gasteiger partial charge >= 0.3 is 5.97 Å². The van der Waals surface area contributed by atoms with Crippen LogP contribution in [0.3, 0.4) is 0 Å². The molecule has 0 atom stereocenters. The van der Waals surface area contributed by atoms with Crippen LogP contribution >= 0.6 is 0 Å². The Labute approximate surface area is 288 Å². The van der Waals surface area contributed by atoms with Gasteiger partial charge in [0.25, 0.3) is 0 Å². The third-order valence-electron chi connectivity index (χ3n) is 9.03. The number of piperazine rings is 1. The Kier molecular flexibility index (Phi) is 11.1. The lowest BCUT2D eigenvalue weighted by molar-refractivity contribution is 0.00561. The van der Waals surface area contributed by atoms with Crippen LogP contribution in [0.5, 0.6) is 0 Å². The first-order valence-electron chi connectivity index (χ1n) is 17.0. The van der Waals surface area contributed by atoms with Crippen molar-refractivity contribution < 1.29 is 23.0 Å². The predicted molar refractivity (Wildman–Crippen MR) is 192 cm³/mol. The number of carbonyl (C=O) groups excluding carboxylic acids is 1. The number of nitrogens with zero attached hydrogens (tertiary/aromatic N) is 4. The quantitative estimate of drug-likeness (QED) is 0.0738. The van der Waals surface area contributed by atoms with Crippen LogP contribution in [0, 0.1) is 32.4 Å². The molecular formula is C39H49F2N5O3. The molecule has 8 nitrogen and oxygen atoms in total. The summed E-state index contributed by atoms with van der Waals surface area (Å²) >= 11 is 0. The first-order valence-corrected chi connectivity index (χ1v) is 17.0. The summed E-state index contributed by atoms with van der Waals surface area (Å²) in [7, 11) is 1.85. The van der Waals surface area contributed by atoms with Crippen molar-refractivity contribution in [1.29, 1.82) is 0 Å². The van der Waals surface area contributed by atoms with E-state index in [1.165, 1.54) is 18.2 Å². The van der Waals surface area contributed by atoms with E-state index < -0.39 is 11.6 Å². The maximum Gasteiger partial charge on any atom is 0.355 e. The largest absolute Gasteiger partial charge is 0.493 e. The molecule has 1 aliphatic heterocycles. The zero-order valence-corrected chi connectivity index (χ0v) is 29.9. The van der Waals surface area contributed by atoms with E-state index in [1.54, 1.807) is 29.0 Å². The number of rotatable bonds is 12. The molecule has 0 aliphatic carbocycles. The first kappa shape index (κ1) is 36.0. The summed E-state index contributed by atoms with van der Waals surface area (Å²) in [6.45, 7) is 20.1. The lowest BCUT2D eigenvalue weighted by Crippen LogP contribution is -2.44. The van der Waals surface area contributed by atoms with Crippen molar-refractivity contribution in [3.8, 4) is 11.1 Å². The minimum atomic E-state index is -0.737. The van der Waals surface area contributed by atoms with Gasteiger partial charge < -0.3 is 19.4 Å². The van der Waals surface area contributed by atoms with E-state index in [0.29, 0.717) is 60.8 Å². The molecule has 0 bridgehead atoms. The molecule has 10 heteroatoms. The fourth-order valence-electron chi connectivity index (χ4n) is 6.74. The molecule has 1 fully saturated rings. The van der Waals surface area contributed by atoms with Crippen LogP contribution < -0.4 is 5.32 Å². The smallest absolute Gasteiger partial charge is 0.355 e. The summed E-state index contributed by atoms with van der Waals surface area (Å²) < 4.78 is 46.1. The maximum atomic E-state index is 16.2. The van der Waals surface area contributed by atoms with Gasteiger partial charge in [-0.05, 0) is 102 Å². The fraction of sp³-hybridized carbons (Fsp3) is 0.436. The summed E-state index contributed by atoms with van der Waals surface area (Å²) in [5, 5.41) is 8.81. The minimum Gasteiger partial charge on any atom is -0.493 e. The number of allylic oxidation sites excluding steroid dienone is 2. The number of ether oxygens (including phenoxy) is 2. The zero-order valence-electron chi connectivity index (χ0n) is 29.9. The second kappa shape index (κ2) is 15.1. The Hall–Kier alpha value is -4.28. The van der Waals surface area contributed by atoms with Gasteiger partial charge in [-0.25, -0.2) is 13.6 Å². The Bertz CT molecular complexity index is 1880. The molecule has 2 aromatic carbocycles. The van der Waals surface area contributed by atoms with Gasteiger partial charge in [0, 0.05) is 74.1 Å². The second-order valence-electron chi connectivity index (χ2n) is 13.7. The molecule has 0 spiro atoms.